The summed E-state index contributed by atoms with van der Waals surface area (Å²) in [7, 11) is 1.29. The molecule has 2 aromatic rings. The number of amidine groups is 1. The molecule has 1 aliphatic rings. The molecule has 12 heteroatoms. The normalized spacial score (nSPS) is 18.4. The fraction of sp³-hybridized carbons (Fsp3) is 0.333. The second-order valence-electron chi connectivity index (χ2n) is 6.60. The number of aromatic carboxylic acids is 1. The quantitative estimate of drug-likeness (QED) is 0.284. The topological polar surface area (TPSA) is 143 Å². The van der Waals surface area contributed by atoms with Crippen LogP contribution in [0.5, 0.6) is 0 Å². The number of carboxylic acid groups (broad SMARTS) is 1. The average molecular weight is 423 g/mol. The van der Waals surface area contributed by atoms with Gasteiger partial charge in [-0.1, -0.05) is 10.3 Å². The van der Waals surface area contributed by atoms with Gasteiger partial charge in [-0.3, -0.25) is 4.79 Å². The molecule has 0 bridgehead atoms. The number of fused-ring (bicyclic) bond motifs is 1. The summed E-state index contributed by atoms with van der Waals surface area (Å²) in [6.45, 7) is 1.65. The molecule has 30 heavy (non-hydrogen) atoms. The highest BCUT2D eigenvalue weighted by atomic mass is 19.1. The van der Waals surface area contributed by atoms with Crippen molar-refractivity contribution in [2.75, 3.05) is 25.1 Å². The molecular formula is C18H19F2N5O5. The van der Waals surface area contributed by atoms with Gasteiger partial charge in [-0.15, -0.1) is 0 Å². The van der Waals surface area contributed by atoms with Gasteiger partial charge in [-0.25, -0.2) is 13.6 Å². The minimum absolute atomic E-state index is 0.0546. The Bertz CT molecular complexity index is 1140. The van der Waals surface area contributed by atoms with Crippen LogP contribution in [0.4, 0.5) is 14.5 Å². The molecule has 0 saturated carbocycles. The highest BCUT2D eigenvalue weighted by Crippen LogP contribution is 2.33. The Morgan fingerprint density at radius 3 is 2.70 bits per heavy atom. The number of anilines is 1. The van der Waals surface area contributed by atoms with Gasteiger partial charge >= 0.3 is 5.97 Å². The zero-order valence-corrected chi connectivity index (χ0v) is 16.1. The van der Waals surface area contributed by atoms with Crippen LogP contribution in [0, 0.1) is 17.6 Å². The molecule has 0 spiro atoms. The van der Waals surface area contributed by atoms with E-state index in [4.69, 9.17) is 15.8 Å². The highest BCUT2D eigenvalue weighted by Gasteiger charge is 2.36. The lowest BCUT2D eigenvalue weighted by Gasteiger charge is -2.21. The zero-order valence-electron chi connectivity index (χ0n) is 16.1. The van der Waals surface area contributed by atoms with E-state index in [0.717, 1.165) is 12.3 Å². The number of pyridine rings is 1. The van der Waals surface area contributed by atoms with E-state index in [-0.39, 0.29) is 36.4 Å². The lowest BCUT2D eigenvalue weighted by atomic mass is 10.1. The molecule has 3 rings (SSSR count). The van der Waals surface area contributed by atoms with Crippen molar-refractivity contribution in [3.05, 3.63) is 39.7 Å². The van der Waals surface area contributed by atoms with Gasteiger partial charge in [-0.2, -0.15) is 0 Å². The standard InChI is InChI=1S/C18H19F2N5O5/c1-3-24-6-10(18(27)28)16(26)8-4-11(19)15(13(20)14(8)24)25-5-9(17(21)22-29)12(7-25)23-30-2/h4,6,9,29H,3,5,7H2,1-2H3,(H2,21,22)(H,27,28)/b23-12-. The van der Waals surface area contributed by atoms with Crippen LogP contribution in [-0.2, 0) is 11.4 Å². The van der Waals surface area contributed by atoms with Gasteiger partial charge in [0.1, 0.15) is 30.0 Å². The summed E-state index contributed by atoms with van der Waals surface area (Å²) in [6, 6.07) is 0.818. The van der Waals surface area contributed by atoms with Gasteiger partial charge in [0.05, 0.1) is 29.1 Å². The number of carbonyl (C=O) groups is 1. The van der Waals surface area contributed by atoms with Crippen LogP contribution in [0.3, 0.4) is 0 Å². The third kappa shape index (κ3) is 3.29. The number of rotatable bonds is 5. The van der Waals surface area contributed by atoms with Gasteiger partial charge in [0, 0.05) is 19.3 Å². The summed E-state index contributed by atoms with van der Waals surface area (Å²) in [4.78, 5) is 29.8. The van der Waals surface area contributed by atoms with Gasteiger partial charge in [0.15, 0.2) is 5.82 Å². The van der Waals surface area contributed by atoms with Gasteiger partial charge in [0.2, 0.25) is 5.43 Å². The van der Waals surface area contributed by atoms with Crippen molar-refractivity contribution in [3.8, 4) is 0 Å². The second kappa shape index (κ2) is 7.97. The summed E-state index contributed by atoms with van der Waals surface area (Å²) < 4.78 is 31.7. The molecule has 1 unspecified atom stereocenters. The van der Waals surface area contributed by atoms with Gasteiger partial charge < -0.3 is 30.4 Å². The first-order valence-corrected chi connectivity index (χ1v) is 8.85. The van der Waals surface area contributed by atoms with Crippen LogP contribution in [0.2, 0.25) is 0 Å². The molecular weight excluding hydrogens is 404 g/mol. The number of nitrogens with zero attached hydrogens (tertiary/aromatic N) is 4. The SMILES string of the molecule is CCn1cc(C(=O)O)c(=O)c2cc(F)c(N3C/C(=N/OC)C(/C(N)=N\O)C3)c(F)c21. The fourth-order valence-corrected chi connectivity index (χ4v) is 3.58. The third-order valence-corrected chi connectivity index (χ3v) is 4.96. The molecule has 1 fully saturated rings. The molecule has 10 nitrogen and oxygen atoms in total. The number of hydrogen-bond donors (Lipinski definition) is 3. The fourth-order valence-electron chi connectivity index (χ4n) is 3.58. The van der Waals surface area contributed by atoms with E-state index in [2.05, 4.69) is 10.3 Å². The molecule has 1 aliphatic heterocycles. The van der Waals surface area contributed by atoms with Crippen molar-refractivity contribution in [2.24, 2.45) is 22.0 Å². The van der Waals surface area contributed by atoms with E-state index < -0.39 is 40.2 Å². The highest BCUT2D eigenvalue weighted by molar-refractivity contribution is 6.10. The average Bonchev–Trinajstić information content (AvgIpc) is 3.11. The Morgan fingerprint density at radius 1 is 1.43 bits per heavy atom. The minimum atomic E-state index is -1.49. The number of oxime groups is 2. The largest absolute Gasteiger partial charge is 0.477 e. The Balaban J connectivity index is 2.24. The summed E-state index contributed by atoms with van der Waals surface area (Å²) in [6.07, 6.45) is 1.03. The van der Waals surface area contributed by atoms with E-state index in [1.165, 1.54) is 16.6 Å². The molecule has 160 valence electrons. The van der Waals surface area contributed by atoms with Crippen molar-refractivity contribution < 1.29 is 28.7 Å². The Labute approximate surface area is 168 Å². The maximum absolute atomic E-state index is 15.5. The first kappa shape index (κ1) is 21.0. The lowest BCUT2D eigenvalue weighted by molar-refractivity contribution is 0.0694. The Hall–Kier alpha value is -3.70. The Kier molecular flexibility index (Phi) is 5.58. The van der Waals surface area contributed by atoms with E-state index >= 15 is 4.39 Å². The first-order valence-electron chi connectivity index (χ1n) is 8.85. The number of aromatic nitrogens is 1. The lowest BCUT2D eigenvalue weighted by Crippen LogP contribution is -2.31. The number of halogens is 2. The van der Waals surface area contributed by atoms with Crippen molar-refractivity contribution in [1.29, 1.82) is 0 Å². The Morgan fingerprint density at radius 2 is 2.13 bits per heavy atom. The smallest absolute Gasteiger partial charge is 0.341 e. The van der Waals surface area contributed by atoms with E-state index in [1.807, 2.05) is 0 Å². The number of benzene rings is 1. The summed E-state index contributed by atoms with van der Waals surface area (Å²) in [5.74, 6) is -4.52. The summed E-state index contributed by atoms with van der Waals surface area (Å²) in [5, 5.41) is 24.5. The number of nitrogens with two attached hydrogens (primary N) is 1. The van der Waals surface area contributed by atoms with Crippen LogP contribution in [0.25, 0.3) is 10.9 Å². The zero-order chi connectivity index (χ0) is 22.2. The molecule has 1 aromatic carbocycles. The number of carboxylic acids is 1. The van der Waals surface area contributed by atoms with Crippen LogP contribution in [-0.4, -0.2) is 52.6 Å². The molecule has 2 heterocycles. The minimum Gasteiger partial charge on any atom is -0.477 e. The second-order valence-corrected chi connectivity index (χ2v) is 6.60. The number of aryl methyl sites for hydroxylation is 1. The molecule has 1 saturated heterocycles. The van der Waals surface area contributed by atoms with Crippen molar-refractivity contribution in [1.82, 2.24) is 4.57 Å². The predicted octanol–water partition coefficient (Wildman–Crippen LogP) is 1.18. The summed E-state index contributed by atoms with van der Waals surface area (Å²) in [5.41, 5.74) is 3.73. The third-order valence-electron chi connectivity index (χ3n) is 4.96. The molecule has 0 amide bonds. The van der Waals surface area contributed by atoms with Crippen molar-refractivity contribution in [2.45, 2.75) is 13.5 Å². The van der Waals surface area contributed by atoms with Crippen LogP contribution in [0.1, 0.15) is 17.3 Å². The van der Waals surface area contributed by atoms with E-state index in [9.17, 15) is 19.1 Å². The maximum atomic E-state index is 15.5. The maximum Gasteiger partial charge on any atom is 0.341 e. The van der Waals surface area contributed by atoms with Crippen LogP contribution in [0.15, 0.2) is 27.4 Å². The molecule has 1 atom stereocenters. The monoisotopic (exact) mass is 423 g/mol. The van der Waals surface area contributed by atoms with Gasteiger partial charge in [-0.05, 0) is 13.0 Å². The van der Waals surface area contributed by atoms with Gasteiger partial charge in [0.25, 0.3) is 0 Å². The van der Waals surface area contributed by atoms with Crippen LogP contribution >= 0.6 is 0 Å². The molecule has 0 aliphatic carbocycles. The van der Waals surface area contributed by atoms with Crippen molar-refractivity contribution in [3.63, 3.8) is 0 Å². The van der Waals surface area contributed by atoms with Crippen LogP contribution < -0.4 is 16.1 Å². The molecule has 0 radical (unpaired) electrons. The predicted molar refractivity (Wildman–Crippen MR) is 104 cm³/mol. The first-order chi connectivity index (χ1) is 14.2. The molecule has 1 aromatic heterocycles. The summed E-state index contributed by atoms with van der Waals surface area (Å²) >= 11 is 0. The van der Waals surface area contributed by atoms with Crippen molar-refractivity contribution >= 4 is 34.1 Å². The molecule has 4 N–H and O–H groups in total. The van der Waals surface area contributed by atoms with E-state index in [0.29, 0.717) is 5.71 Å². The number of hydrogen-bond acceptors (Lipinski definition) is 7. The van der Waals surface area contributed by atoms with E-state index in [1.54, 1.807) is 6.92 Å².